The van der Waals surface area contributed by atoms with E-state index in [0.717, 1.165) is 18.2 Å². The van der Waals surface area contributed by atoms with Gasteiger partial charge in [0.1, 0.15) is 0 Å². The van der Waals surface area contributed by atoms with Crippen molar-refractivity contribution in [2.45, 2.75) is 25.8 Å². The van der Waals surface area contributed by atoms with Crippen molar-refractivity contribution in [1.82, 2.24) is 15.0 Å². The van der Waals surface area contributed by atoms with E-state index in [0.29, 0.717) is 6.42 Å². The lowest BCUT2D eigenvalue weighted by molar-refractivity contribution is 0.544. The van der Waals surface area contributed by atoms with E-state index in [-0.39, 0.29) is 5.84 Å². The highest BCUT2D eigenvalue weighted by Gasteiger charge is 2.22. The van der Waals surface area contributed by atoms with Crippen LogP contribution in [-0.2, 0) is 13.0 Å². The van der Waals surface area contributed by atoms with Gasteiger partial charge in [-0.3, -0.25) is 10.1 Å². The van der Waals surface area contributed by atoms with Crippen molar-refractivity contribution in [2.24, 2.45) is 11.7 Å². The quantitative estimate of drug-likeness (QED) is 0.510. The fourth-order valence-corrected chi connectivity index (χ4v) is 1.27. The topological polar surface area (TPSA) is 80.6 Å². The van der Waals surface area contributed by atoms with Crippen molar-refractivity contribution < 1.29 is 0 Å². The lowest BCUT2D eigenvalue weighted by Gasteiger charge is -1.94. The summed E-state index contributed by atoms with van der Waals surface area (Å²) < 4.78 is 1.84. The third kappa shape index (κ3) is 2.27. The van der Waals surface area contributed by atoms with Crippen LogP contribution in [0.25, 0.3) is 0 Å². The van der Waals surface area contributed by atoms with Crippen LogP contribution >= 0.6 is 0 Å². The van der Waals surface area contributed by atoms with Crippen molar-refractivity contribution in [2.75, 3.05) is 0 Å². The molecule has 0 amide bonds. The van der Waals surface area contributed by atoms with E-state index in [1.807, 2.05) is 10.9 Å². The van der Waals surface area contributed by atoms with Crippen LogP contribution in [-0.4, -0.2) is 20.8 Å². The Morgan fingerprint density at radius 1 is 1.69 bits per heavy atom. The fourth-order valence-electron chi connectivity index (χ4n) is 1.27. The van der Waals surface area contributed by atoms with E-state index in [1.54, 1.807) is 0 Å². The van der Waals surface area contributed by atoms with Gasteiger partial charge in [0.25, 0.3) is 0 Å². The number of nitrogens with one attached hydrogen (secondary N) is 1. The van der Waals surface area contributed by atoms with Crippen LogP contribution in [0.15, 0.2) is 6.20 Å². The summed E-state index contributed by atoms with van der Waals surface area (Å²) in [6.45, 7) is 0.963. The summed E-state index contributed by atoms with van der Waals surface area (Å²) in [5, 5.41) is 15.0. The van der Waals surface area contributed by atoms with E-state index >= 15 is 0 Å². The van der Waals surface area contributed by atoms with Gasteiger partial charge in [0.05, 0.1) is 18.0 Å². The van der Waals surface area contributed by atoms with Crippen molar-refractivity contribution in [3.05, 3.63) is 11.9 Å². The molecule has 1 aliphatic carbocycles. The molecule has 1 saturated carbocycles. The number of amidine groups is 1. The first-order chi connectivity index (χ1) is 6.24. The molecule has 0 spiro atoms. The molecular formula is C8H13N5. The van der Waals surface area contributed by atoms with Crippen molar-refractivity contribution in [1.29, 1.82) is 5.41 Å². The van der Waals surface area contributed by atoms with Gasteiger partial charge < -0.3 is 5.73 Å². The third-order valence-corrected chi connectivity index (χ3v) is 2.10. The van der Waals surface area contributed by atoms with Crippen LogP contribution in [0.5, 0.6) is 0 Å². The Morgan fingerprint density at radius 3 is 3.08 bits per heavy atom. The predicted molar refractivity (Wildman–Crippen MR) is 48.4 cm³/mol. The summed E-state index contributed by atoms with van der Waals surface area (Å²) in [6, 6.07) is 0. The van der Waals surface area contributed by atoms with Gasteiger partial charge in [-0.25, -0.2) is 0 Å². The second-order valence-corrected chi connectivity index (χ2v) is 3.58. The Hall–Kier alpha value is -1.39. The Kier molecular flexibility index (Phi) is 2.00. The standard InChI is InChI=1S/C8H13N5/c9-8(10)3-7-5-13(12-11-7)4-6-1-2-6/h5-6H,1-4H2,(H3,9,10). The summed E-state index contributed by atoms with van der Waals surface area (Å²) >= 11 is 0. The molecule has 0 bridgehead atoms. The van der Waals surface area contributed by atoms with Gasteiger partial charge in [-0.2, -0.15) is 0 Å². The second kappa shape index (κ2) is 3.16. The van der Waals surface area contributed by atoms with E-state index in [4.69, 9.17) is 11.1 Å². The van der Waals surface area contributed by atoms with Crippen LogP contribution in [0.1, 0.15) is 18.5 Å². The Labute approximate surface area is 76.4 Å². The molecule has 1 fully saturated rings. The molecule has 5 nitrogen and oxygen atoms in total. The van der Waals surface area contributed by atoms with E-state index in [1.165, 1.54) is 12.8 Å². The van der Waals surface area contributed by atoms with Crippen molar-refractivity contribution in [3.8, 4) is 0 Å². The molecule has 0 aliphatic heterocycles. The number of nitrogens with two attached hydrogens (primary N) is 1. The number of nitrogens with zero attached hydrogens (tertiary/aromatic N) is 3. The summed E-state index contributed by atoms with van der Waals surface area (Å²) in [5.74, 6) is 0.936. The Balaban J connectivity index is 1.95. The van der Waals surface area contributed by atoms with Crippen molar-refractivity contribution in [3.63, 3.8) is 0 Å². The average molecular weight is 179 g/mol. The largest absolute Gasteiger partial charge is 0.387 e. The van der Waals surface area contributed by atoms with E-state index in [9.17, 15) is 0 Å². The molecule has 1 aromatic rings. The molecule has 13 heavy (non-hydrogen) atoms. The van der Waals surface area contributed by atoms with Crippen LogP contribution < -0.4 is 5.73 Å². The van der Waals surface area contributed by atoms with Crippen LogP contribution in [0, 0.1) is 11.3 Å². The van der Waals surface area contributed by atoms with Gasteiger partial charge in [0.15, 0.2) is 0 Å². The minimum absolute atomic E-state index is 0.137. The monoisotopic (exact) mass is 179 g/mol. The first kappa shape index (κ1) is 8.22. The zero-order valence-electron chi connectivity index (χ0n) is 7.40. The fraction of sp³-hybridized carbons (Fsp3) is 0.625. The molecule has 0 aromatic carbocycles. The molecule has 0 unspecified atom stereocenters. The van der Waals surface area contributed by atoms with Gasteiger partial charge in [-0.1, -0.05) is 5.21 Å². The molecule has 70 valence electrons. The predicted octanol–water partition coefficient (Wildman–Crippen LogP) is 0.167. The van der Waals surface area contributed by atoms with Crippen LogP contribution in [0.4, 0.5) is 0 Å². The van der Waals surface area contributed by atoms with Gasteiger partial charge in [0.2, 0.25) is 0 Å². The molecule has 0 atom stereocenters. The Morgan fingerprint density at radius 2 is 2.46 bits per heavy atom. The summed E-state index contributed by atoms with van der Waals surface area (Å²) in [7, 11) is 0. The highest BCUT2D eigenvalue weighted by Crippen LogP contribution is 2.30. The summed E-state index contributed by atoms with van der Waals surface area (Å²) in [4.78, 5) is 0. The number of rotatable bonds is 4. The van der Waals surface area contributed by atoms with E-state index < -0.39 is 0 Å². The third-order valence-electron chi connectivity index (χ3n) is 2.10. The zero-order valence-corrected chi connectivity index (χ0v) is 7.40. The van der Waals surface area contributed by atoms with E-state index in [2.05, 4.69) is 10.3 Å². The first-order valence-electron chi connectivity index (χ1n) is 4.46. The Bertz CT molecular complexity index is 312. The minimum Gasteiger partial charge on any atom is -0.387 e. The highest BCUT2D eigenvalue weighted by atomic mass is 15.4. The smallest absolute Gasteiger partial charge is 0.0967 e. The van der Waals surface area contributed by atoms with Gasteiger partial charge in [-0.15, -0.1) is 5.10 Å². The zero-order chi connectivity index (χ0) is 9.26. The molecule has 5 heteroatoms. The molecule has 0 radical (unpaired) electrons. The maximum Gasteiger partial charge on any atom is 0.0967 e. The molecule has 2 rings (SSSR count). The molecule has 3 N–H and O–H groups in total. The molecule has 1 aliphatic rings. The van der Waals surface area contributed by atoms with Gasteiger partial charge in [0, 0.05) is 12.7 Å². The maximum absolute atomic E-state index is 7.10. The number of hydrogen-bond acceptors (Lipinski definition) is 3. The van der Waals surface area contributed by atoms with Crippen molar-refractivity contribution >= 4 is 5.84 Å². The summed E-state index contributed by atoms with van der Waals surface area (Å²) in [5.41, 5.74) is 6.04. The molecule has 1 aromatic heterocycles. The SMILES string of the molecule is N=C(N)Cc1cn(CC2CC2)nn1. The maximum atomic E-state index is 7.10. The lowest BCUT2D eigenvalue weighted by Crippen LogP contribution is -2.12. The van der Waals surface area contributed by atoms with Gasteiger partial charge in [-0.05, 0) is 18.8 Å². The first-order valence-corrected chi connectivity index (χ1v) is 4.46. The highest BCUT2D eigenvalue weighted by molar-refractivity contribution is 5.78. The number of aromatic nitrogens is 3. The van der Waals surface area contributed by atoms with Crippen LogP contribution in [0.3, 0.4) is 0 Å². The van der Waals surface area contributed by atoms with Gasteiger partial charge >= 0.3 is 0 Å². The minimum atomic E-state index is 0.137. The second-order valence-electron chi connectivity index (χ2n) is 3.58. The summed E-state index contributed by atoms with van der Waals surface area (Å²) in [6.07, 6.45) is 4.90. The number of hydrogen-bond donors (Lipinski definition) is 2. The molecule has 0 saturated heterocycles. The normalized spacial score (nSPS) is 16.0. The molecule has 1 heterocycles. The van der Waals surface area contributed by atoms with Crippen LogP contribution in [0.2, 0.25) is 0 Å². The molecular weight excluding hydrogens is 166 g/mol. The average Bonchev–Trinajstić information content (AvgIpc) is 2.73. The lowest BCUT2D eigenvalue weighted by atomic mass is 10.3.